The van der Waals surface area contributed by atoms with E-state index in [2.05, 4.69) is 75.5 Å². The largest absolute Gasteiger partial charge is 0.519 e. The van der Waals surface area contributed by atoms with Gasteiger partial charge < -0.3 is 14.0 Å². The van der Waals surface area contributed by atoms with E-state index >= 15 is 0 Å². The molecule has 0 aromatic carbocycles. The molecule has 7 heteroatoms. The summed E-state index contributed by atoms with van der Waals surface area (Å²) in [6.45, 7) is 21.1. The molecule has 0 spiro atoms. The Morgan fingerprint density at radius 2 is 1.52 bits per heavy atom. The van der Waals surface area contributed by atoms with Gasteiger partial charge in [0.25, 0.3) is 0 Å². The van der Waals surface area contributed by atoms with Gasteiger partial charge in [-0.25, -0.2) is 0 Å². The number of hydrogen-bond acceptors (Lipinski definition) is 4. The summed E-state index contributed by atoms with van der Waals surface area (Å²) in [4.78, 5) is 16.1. The molecule has 0 aliphatic rings. The van der Waals surface area contributed by atoms with Crippen molar-refractivity contribution in [1.29, 1.82) is 0 Å². The van der Waals surface area contributed by atoms with Crippen molar-refractivity contribution in [2.24, 2.45) is 0 Å². The lowest BCUT2D eigenvalue weighted by molar-refractivity contribution is -0.137. The molecule has 1 atom stereocenters. The van der Waals surface area contributed by atoms with E-state index in [-0.39, 0.29) is 12.0 Å². The summed E-state index contributed by atoms with van der Waals surface area (Å²) in [7, 11) is -2.30. The SMILES string of the molecule is CN(CCCCC(N[Si](C)(C)C)C(=O)O[Si](C)(C)C)[Si](C)(C)C. The van der Waals surface area contributed by atoms with Gasteiger partial charge in [-0.3, -0.25) is 4.79 Å². The monoisotopic (exact) mass is 376 g/mol. The first kappa shape index (κ1) is 23.0. The minimum atomic E-state index is -1.83. The summed E-state index contributed by atoms with van der Waals surface area (Å²) in [5.74, 6) is -0.0369. The molecule has 0 amide bonds. The van der Waals surface area contributed by atoms with Gasteiger partial charge in [0.2, 0.25) is 8.32 Å². The van der Waals surface area contributed by atoms with Gasteiger partial charge in [-0.15, -0.1) is 0 Å². The summed E-state index contributed by atoms with van der Waals surface area (Å²) in [5.41, 5.74) is 0. The van der Waals surface area contributed by atoms with Crippen molar-refractivity contribution >= 4 is 30.8 Å². The normalized spacial score (nSPS) is 14.9. The third-order valence-corrected chi connectivity index (χ3v) is 8.22. The van der Waals surface area contributed by atoms with Crippen LogP contribution in [0.25, 0.3) is 0 Å². The van der Waals surface area contributed by atoms with Crippen LogP contribution < -0.4 is 4.98 Å². The van der Waals surface area contributed by atoms with E-state index in [1.807, 2.05) is 0 Å². The van der Waals surface area contributed by atoms with Crippen molar-refractivity contribution in [2.75, 3.05) is 13.6 Å². The van der Waals surface area contributed by atoms with E-state index in [4.69, 9.17) is 4.43 Å². The highest BCUT2D eigenvalue weighted by Crippen LogP contribution is 2.13. The first-order valence-corrected chi connectivity index (χ1v) is 19.2. The van der Waals surface area contributed by atoms with Crippen LogP contribution in [-0.4, -0.2) is 55.0 Å². The van der Waals surface area contributed by atoms with Crippen LogP contribution in [0.15, 0.2) is 0 Å². The maximum absolute atomic E-state index is 12.5. The molecule has 0 saturated heterocycles. The molecule has 0 radical (unpaired) electrons. The highest BCUT2D eigenvalue weighted by Gasteiger charge is 2.29. The molecule has 0 aromatic heterocycles. The molecular formula is C16H40N2O2Si3. The van der Waals surface area contributed by atoms with Gasteiger partial charge in [-0.05, 0) is 46.1 Å². The lowest BCUT2D eigenvalue weighted by Gasteiger charge is -2.31. The first-order chi connectivity index (χ1) is 10.1. The van der Waals surface area contributed by atoms with Crippen molar-refractivity contribution in [3.63, 3.8) is 0 Å². The van der Waals surface area contributed by atoms with E-state index in [9.17, 15) is 4.79 Å². The van der Waals surface area contributed by atoms with E-state index in [0.717, 1.165) is 25.8 Å². The van der Waals surface area contributed by atoms with Gasteiger partial charge in [0.15, 0.2) is 0 Å². The first-order valence-electron chi connectivity index (χ1n) is 8.84. The van der Waals surface area contributed by atoms with Crippen LogP contribution in [0.4, 0.5) is 0 Å². The molecule has 1 unspecified atom stereocenters. The van der Waals surface area contributed by atoms with Crippen molar-refractivity contribution in [3.8, 4) is 0 Å². The van der Waals surface area contributed by atoms with Gasteiger partial charge >= 0.3 is 5.97 Å². The van der Waals surface area contributed by atoms with Crippen molar-refractivity contribution in [3.05, 3.63) is 0 Å². The van der Waals surface area contributed by atoms with Crippen LogP contribution in [0.2, 0.25) is 58.9 Å². The Morgan fingerprint density at radius 3 is 1.91 bits per heavy atom. The smallest absolute Gasteiger partial charge is 0.309 e. The number of carbonyl (C=O) groups is 1. The molecule has 0 rings (SSSR count). The topological polar surface area (TPSA) is 41.6 Å². The number of carbonyl (C=O) groups excluding carboxylic acids is 1. The molecule has 0 bridgehead atoms. The van der Waals surface area contributed by atoms with Crippen molar-refractivity contribution in [1.82, 2.24) is 9.55 Å². The molecule has 1 N–H and O–H groups in total. The van der Waals surface area contributed by atoms with Crippen LogP contribution in [0.1, 0.15) is 19.3 Å². The van der Waals surface area contributed by atoms with E-state index < -0.39 is 24.8 Å². The van der Waals surface area contributed by atoms with Gasteiger partial charge in [0.05, 0.1) is 6.04 Å². The molecule has 0 aliphatic heterocycles. The predicted octanol–water partition coefficient (Wildman–Crippen LogP) is 4.09. The van der Waals surface area contributed by atoms with Crippen LogP contribution in [0.3, 0.4) is 0 Å². The lowest BCUT2D eigenvalue weighted by Crippen LogP contribution is -2.53. The Balaban J connectivity index is 4.52. The van der Waals surface area contributed by atoms with Crippen molar-refractivity contribution in [2.45, 2.75) is 84.2 Å². The van der Waals surface area contributed by atoms with Crippen LogP contribution in [-0.2, 0) is 9.22 Å². The zero-order chi connectivity index (χ0) is 18.5. The molecule has 23 heavy (non-hydrogen) atoms. The molecule has 0 saturated carbocycles. The second kappa shape index (κ2) is 8.94. The highest BCUT2D eigenvalue weighted by molar-refractivity contribution is 6.74. The number of hydrogen-bond donors (Lipinski definition) is 1. The molecule has 0 aromatic rings. The summed E-state index contributed by atoms with van der Waals surface area (Å²) in [6, 6.07) is -0.134. The summed E-state index contributed by atoms with van der Waals surface area (Å²) < 4.78 is 8.24. The molecule has 0 fully saturated rings. The highest BCUT2D eigenvalue weighted by atomic mass is 28.4. The standard InChI is InChI=1S/C16H40N2O2Si3/c1-18(22(5,6)7)14-12-11-13-15(17-21(2,3)4)16(19)20-23(8,9)10/h15,17H,11-14H2,1-10H3. The number of nitrogens with one attached hydrogen (secondary N) is 1. The Labute approximate surface area is 147 Å². The van der Waals surface area contributed by atoms with E-state index in [0.29, 0.717) is 0 Å². The molecule has 138 valence electrons. The van der Waals surface area contributed by atoms with Crippen LogP contribution >= 0.6 is 0 Å². The fourth-order valence-corrected chi connectivity index (χ4v) is 5.06. The maximum Gasteiger partial charge on any atom is 0.309 e. The molecule has 0 heterocycles. The number of rotatable bonds is 10. The Hall–Kier alpha value is 0.0406. The quantitative estimate of drug-likeness (QED) is 0.460. The third kappa shape index (κ3) is 12.1. The summed E-state index contributed by atoms with van der Waals surface area (Å²) in [6.07, 6.45) is 3.09. The zero-order valence-electron chi connectivity index (χ0n) is 17.2. The lowest BCUT2D eigenvalue weighted by atomic mass is 10.1. The van der Waals surface area contributed by atoms with Crippen LogP contribution in [0.5, 0.6) is 0 Å². The molecular weight excluding hydrogens is 336 g/mol. The van der Waals surface area contributed by atoms with E-state index in [1.54, 1.807) is 0 Å². The van der Waals surface area contributed by atoms with Gasteiger partial charge in [-0.2, -0.15) is 0 Å². The third-order valence-electron chi connectivity index (χ3n) is 3.68. The summed E-state index contributed by atoms with van der Waals surface area (Å²) in [5, 5.41) is 0. The minimum absolute atomic E-state index is 0.0369. The second-order valence-electron chi connectivity index (χ2n) is 9.57. The fourth-order valence-electron chi connectivity index (χ4n) is 2.18. The molecule has 0 aliphatic carbocycles. The van der Waals surface area contributed by atoms with Gasteiger partial charge in [0, 0.05) is 0 Å². The predicted molar refractivity (Wildman–Crippen MR) is 110 cm³/mol. The Bertz CT molecular complexity index is 371. The minimum Gasteiger partial charge on any atom is -0.519 e. The van der Waals surface area contributed by atoms with Crippen LogP contribution in [0, 0.1) is 0 Å². The Kier molecular flexibility index (Phi) is 8.95. The number of unbranched alkanes of at least 4 members (excludes halogenated alkanes) is 1. The Morgan fingerprint density at radius 1 is 1.00 bits per heavy atom. The fraction of sp³-hybridized carbons (Fsp3) is 0.938. The zero-order valence-corrected chi connectivity index (χ0v) is 20.2. The van der Waals surface area contributed by atoms with Crippen molar-refractivity contribution < 1.29 is 9.22 Å². The summed E-state index contributed by atoms with van der Waals surface area (Å²) >= 11 is 0. The average molecular weight is 377 g/mol. The second-order valence-corrected chi connectivity index (χ2v) is 23.9. The average Bonchev–Trinajstić information content (AvgIpc) is 2.27. The molecule has 4 nitrogen and oxygen atoms in total. The van der Waals surface area contributed by atoms with E-state index in [1.165, 1.54) is 0 Å². The number of nitrogens with zero attached hydrogens (tertiary/aromatic N) is 1. The van der Waals surface area contributed by atoms with Gasteiger partial charge in [-0.1, -0.05) is 45.7 Å². The van der Waals surface area contributed by atoms with Gasteiger partial charge in [0.1, 0.15) is 16.5 Å². The maximum atomic E-state index is 12.5.